The van der Waals surface area contributed by atoms with Crippen molar-refractivity contribution >= 4 is 12.2 Å². The van der Waals surface area contributed by atoms with Gasteiger partial charge < -0.3 is 9.84 Å². The van der Waals surface area contributed by atoms with Crippen LogP contribution in [0.4, 0.5) is 0 Å². The van der Waals surface area contributed by atoms with Gasteiger partial charge in [-0.1, -0.05) is 11.8 Å². The van der Waals surface area contributed by atoms with E-state index < -0.39 is 5.97 Å². The van der Waals surface area contributed by atoms with Crippen LogP contribution in [0.15, 0.2) is 34.8 Å². The van der Waals surface area contributed by atoms with E-state index in [1.54, 1.807) is 12.3 Å². The Morgan fingerprint density at radius 2 is 2.12 bits per heavy atom. The summed E-state index contributed by atoms with van der Waals surface area (Å²) in [6, 6.07) is 0. The largest absolute Gasteiger partial charge is 0.481 e. The number of allylic oxidation sites excluding steroid dienone is 3. The summed E-state index contributed by atoms with van der Waals surface area (Å²) < 4.78 is 5.68. The Kier molecular flexibility index (Phi) is 3.78. The molecule has 4 nitrogen and oxygen atoms in total. The molecule has 0 unspecified atom stereocenters. The van der Waals surface area contributed by atoms with Crippen LogP contribution in [0.5, 0.6) is 0 Å². The van der Waals surface area contributed by atoms with Crippen molar-refractivity contribution in [3.63, 3.8) is 0 Å². The summed E-state index contributed by atoms with van der Waals surface area (Å²) in [5, 5.41) is 8.89. The zero-order valence-corrected chi connectivity index (χ0v) is 9.50. The molecule has 1 N–H and O–H groups in total. The monoisotopic (exact) mass is 233 g/mol. The van der Waals surface area contributed by atoms with Gasteiger partial charge in [-0.05, 0) is 37.8 Å². The third-order valence-corrected chi connectivity index (χ3v) is 2.99. The molecule has 0 atom stereocenters. The minimum Gasteiger partial charge on any atom is -0.481 e. The van der Waals surface area contributed by atoms with Crippen LogP contribution >= 0.6 is 0 Å². The lowest BCUT2D eigenvalue weighted by Gasteiger charge is -2.26. The molecule has 0 aromatic carbocycles. The fraction of sp³-hybridized carbons (Fsp3) is 0.462. The van der Waals surface area contributed by atoms with Crippen molar-refractivity contribution in [3.05, 3.63) is 29.8 Å². The molecule has 0 amide bonds. The van der Waals surface area contributed by atoms with Crippen molar-refractivity contribution in [2.75, 3.05) is 0 Å². The molecular formula is C13H15NO3. The Morgan fingerprint density at radius 1 is 1.35 bits per heavy atom. The predicted octanol–water partition coefficient (Wildman–Crippen LogP) is 2.28. The standard InChI is InChI=1S/C13H15NO3/c15-13(16)10-5-7-11(8-6-10)17-12-4-2-1-3-9-14-12/h1-3,9-11H,5-8H2,(H,15,16). The maximum absolute atomic E-state index is 10.8. The van der Waals surface area contributed by atoms with Gasteiger partial charge in [0, 0.05) is 6.21 Å². The lowest BCUT2D eigenvalue weighted by atomic mass is 9.87. The number of carboxylic acids is 1. The average molecular weight is 233 g/mol. The number of hydrogen-bond acceptors (Lipinski definition) is 3. The van der Waals surface area contributed by atoms with Gasteiger partial charge in [-0.3, -0.25) is 4.79 Å². The van der Waals surface area contributed by atoms with E-state index >= 15 is 0 Å². The third kappa shape index (κ3) is 3.33. The van der Waals surface area contributed by atoms with Crippen LogP contribution < -0.4 is 0 Å². The Balaban J connectivity index is 1.86. The molecule has 2 aliphatic rings. The van der Waals surface area contributed by atoms with E-state index in [9.17, 15) is 4.79 Å². The first kappa shape index (κ1) is 11.7. The van der Waals surface area contributed by atoms with Crippen LogP contribution in [-0.4, -0.2) is 23.4 Å². The van der Waals surface area contributed by atoms with Crippen molar-refractivity contribution in [1.82, 2.24) is 0 Å². The highest BCUT2D eigenvalue weighted by molar-refractivity contribution is 5.72. The molecule has 17 heavy (non-hydrogen) atoms. The molecule has 1 fully saturated rings. The number of nitrogens with zero attached hydrogens (tertiary/aromatic N) is 1. The second-order valence-corrected chi connectivity index (χ2v) is 4.21. The Bertz CT molecular complexity index is 408. The molecule has 0 aromatic heterocycles. The highest BCUT2D eigenvalue weighted by Crippen LogP contribution is 2.27. The Labute approximate surface area is 100 Å². The fourth-order valence-corrected chi connectivity index (χ4v) is 2.02. The summed E-state index contributed by atoms with van der Waals surface area (Å²) in [5.41, 5.74) is 2.93. The van der Waals surface area contributed by atoms with E-state index in [4.69, 9.17) is 9.84 Å². The fourth-order valence-electron chi connectivity index (χ4n) is 2.02. The van der Waals surface area contributed by atoms with Gasteiger partial charge in [0.05, 0.1) is 5.92 Å². The maximum atomic E-state index is 10.8. The topological polar surface area (TPSA) is 58.9 Å². The summed E-state index contributed by atoms with van der Waals surface area (Å²) in [5.74, 6) is -0.424. The molecular weight excluding hydrogens is 218 g/mol. The minimum absolute atomic E-state index is 0.0664. The maximum Gasteiger partial charge on any atom is 0.306 e. The van der Waals surface area contributed by atoms with Crippen molar-refractivity contribution < 1.29 is 14.6 Å². The van der Waals surface area contributed by atoms with Crippen molar-refractivity contribution in [2.45, 2.75) is 31.8 Å². The second kappa shape index (κ2) is 5.51. The molecule has 1 aliphatic heterocycles. The molecule has 4 heteroatoms. The second-order valence-electron chi connectivity index (χ2n) is 4.21. The number of aliphatic imine (C=N–C) groups is 1. The van der Waals surface area contributed by atoms with Gasteiger partial charge in [0.1, 0.15) is 6.10 Å². The summed E-state index contributed by atoms with van der Waals surface area (Å²) in [7, 11) is 0. The number of hydrogen-bond donors (Lipinski definition) is 1. The van der Waals surface area contributed by atoms with Crippen LogP contribution in [-0.2, 0) is 9.53 Å². The van der Waals surface area contributed by atoms with Gasteiger partial charge >= 0.3 is 5.97 Å². The Hall–Kier alpha value is -1.80. The SMILES string of the molecule is O=C(O)C1CCC(OC2=C=CC=CC=N2)CC1. The summed E-state index contributed by atoms with van der Waals surface area (Å²) >= 11 is 0. The van der Waals surface area contributed by atoms with Crippen LogP contribution in [0.3, 0.4) is 0 Å². The quantitative estimate of drug-likeness (QED) is 0.761. The molecule has 1 saturated carbocycles. The van der Waals surface area contributed by atoms with Crippen LogP contribution in [0.1, 0.15) is 25.7 Å². The van der Waals surface area contributed by atoms with Gasteiger partial charge in [-0.2, -0.15) is 0 Å². The molecule has 0 bridgehead atoms. The van der Waals surface area contributed by atoms with Crippen molar-refractivity contribution in [3.8, 4) is 0 Å². The smallest absolute Gasteiger partial charge is 0.306 e. The Morgan fingerprint density at radius 3 is 2.82 bits per heavy atom. The first-order valence-electron chi connectivity index (χ1n) is 5.81. The van der Waals surface area contributed by atoms with Crippen LogP contribution in [0, 0.1) is 5.92 Å². The third-order valence-electron chi connectivity index (χ3n) is 2.99. The zero-order valence-electron chi connectivity index (χ0n) is 9.50. The molecule has 0 spiro atoms. The minimum atomic E-state index is -0.695. The molecule has 90 valence electrons. The number of ether oxygens (including phenoxy) is 1. The van der Waals surface area contributed by atoms with E-state index in [1.165, 1.54) is 0 Å². The molecule has 1 aliphatic carbocycles. The molecule has 1 heterocycles. The van der Waals surface area contributed by atoms with Gasteiger partial charge in [-0.15, -0.1) is 0 Å². The van der Waals surface area contributed by atoms with E-state index in [0.717, 1.165) is 12.8 Å². The van der Waals surface area contributed by atoms with Gasteiger partial charge in [-0.25, -0.2) is 4.99 Å². The summed E-state index contributed by atoms with van der Waals surface area (Å²) in [6.45, 7) is 0. The summed E-state index contributed by atoms with van der Waals surface area (Å²) in [6.07, 6.45) is 10.0. The number of carbonyl (C=O) groups is 1. The van der Waals surface area contributed by atoms with Crippen LogP contribution in [0.25, 0.3) is 0 Å². The van der Waals surface area contributed by atoms with E-state index in [0.29, 0.717) is 18.7 Å². The normalized spacial score (nSPS) is 27.4. The van der Waals surface area contributed by atoms with Crippen LogP contribution in [0.2, 0.25) is 0 Å². The predicted molar refractivity (Wildman–Crippen MR) is 63.7 cm³/mol. The van der Waals surface area contributed by atoms with Gasteiger partial charge in [0.2, 0.25) is 0 Å². The first-order chi connectivity index (χ1) is 8.25. The summed E-state index contributed by atoms with van der Waals surface area (Å²) in [4.78, 5) is 14.9. The molecule has 0 aromatic rings. The molecule has 0 saturated heterocycles. The number of rotatable bonds is 3. The van der Waals surface area contributed by atoms with E-state index in [-0.39, 0.29) is 12.0 Å². The molecule has 2 rings (SSSR count). The highest BCUT2D eigenvalue weighted by atomic mass is 16.5. The zero-order chi connectivity index (χ0) is 12.1. The highest BCUT2D eigenvalue weighted by Gasteiger charge is 2.27. The lowest BCUT2D eigenvalue weighted by Crippen LogP contribution is -2.25. The number of aliphatic carboxylic acids is 1. The van der Waals surface area contributed by atoms with Gasteiger partial charge in [0.15, 0.2) is 0 Å². The number of carboxylic acid groups (broad SMARTS) is 1. The lowest BCUT2D eigenvalue weighted by molar-refractivity contribution is -0.143. The van der Waals surface area contributed by atoms with Crippen molar-refractivity contribution in [2.24, 2.45) is 10.9 Å². The molecule has 0 radical (unpaired) electrons. The first-order valence-corrected chi connectivity index (χ1v) is 5.81. The van der Waals surface area contributed by atoms with Gasteiger partial charge in [0.25, 0.3) is 5.88 Å². The average Bonchev–Trinajstić information content (AvgIpc) is 2.58. The van der Waals surface area contributed by atoms with Crippen molar-refractivity contribution in [1.29, 1.82) is 0 Å². The van der Waals surface area contributed by atoms with E-state index in [1.807, 2.05) is 12.2 Å². The van der Waals surface area contributed by atoms with E-state index in [2.05, 4.69) is 10.7 Å².